The van der Waals surface area contributed by atoms with E-state index in [4.69, 9.17) is 43.7 Å². The highest BCUT2D eigenvalue weighted by atomic mass is 32.1. The largest absolute Gasteiger partial charge is 0.477 e. The number of carboxylic acid groups (broad SMARTS) is 1. The van der Waals surface area contributed by atoms with E-state index in [2.05, 4.69) is 17.9 Å². The summed E-state index contributed by atoms with van der Waals surface area (Å²) in [4.78, 5) is 24.0. The molecule has 19 nitrogen and oxygen atoms in total. The van der Waals surface area contributed by atoms with Crippen molar-refractivity contribution in [2.75, 3.05) is 45.4 Å². The van der Waals surface area contributed by atoms with Crippen LogP contribution < -0.4 is 5.32 Å². The first kappa shape index (κ1) is 40.9. The van der Waals surface area contributed by atoms with Crippen LogP contribution in [-0.4, -0.2) is 188 Å². The molecule has 3 aliphatic rings. The molecule has 0 saturated carbocycles. The highest BCUT2D eigenvalue weighted by Crippen LogP contribution is 2.36. The van der Waals surface area contributed by atoms with Gasteiger partial charge in [-0.05, 0) is 0 Å². The topological polar surface area (TPSA) is 304 Å². The van der Waals surface area contributed by atoms with E-state index in [1.807, 2.05) is 0 Å². The second-order valence-electron chi connectivity index (χ2n) is 11.1. The molecule has 0 spiro atoms. The van der Waals surface area contributed by atoms with Crippen LogP contribution in [0.4, 0.5) is 0 Å². The monoisotopic (exact) mass is 693 g/mol. The SMILES string of the molecule is CC(=O)N[C@@H]1C(OCCS)OC(CO)[C@@H](OC2OC(CO)[C@H](O)[C@H](O[C@]3(C(=O)O)C[C@@H](O)[C@@H](C)CO3)[C@@H]2O)[C@@H]1O.OCC(O)CO. The van der Waals surface area contributed by atoms with E-state index >= 15 is 0 Å². The van der Waals surface area contributed by atoms with Crippen molar-refractivity contribution in [3.8, 4) is 0 Å². The first-order valence-corrected chi connectivity index (χ1v) is 15.2. The van der Waals surface area contributed by atoms with Crippen LogP contribution in [0.2, 0.25) is 0 Å². The third-order valence-corrected chi connectivity index (χ3v) is 7.68. The number of carbonyl (C=O) groups is 2. The van der Waals surface area contributed by atoms with E-state index in [1.165, 1.54) is 6.92 Å². The number of nitrogens with one attached hydrogen (secondary N) is 1. The molecule has 270 valence electrons. The van der Waals surface area contributed by atoms with Crippen LogP contribution >= 0.6 is 12.6 Å². The average molecular weight is 694 g/mol. The van der Waals surface area contributed by atoms with Crippen LogP contribution in [0.5, 0.6) is 0 Å². The summed E-state index contributed by atoms with van der Waals surface area (Å²) in [7, 11) is 0. The third-order valence-electron chi connectivity index (χ3n) is 7.50. The molecule has 0 radical (unpaired) electrons. The zero-order valence-corrected chi connectivity index (χ0v) is 26.2. The molecular weight excluding hydrogens is 646 g/mol. The Morgan fingerprint density at radius 2 is 1.57 bits per heavy atom. The summed E-state index contributed by atoms with van der Waals surface area (Å²) < 4.78 is 33.5. The number of thiol groups is 1. The standard InChI is InChI=1S/C23H39NO15S.C3H8O3/c1-9-8-35-23(22(32)33,5-11(9)28)39-19-15(29)12(6-25)36-21(17(19)31)38-18-13(7-26)37-20(34-3-4-40)14(16(18)30)24-10(2)27;4-1-3(6)2-5/h9,11-21,25-26,28-31,40H,3-8H2,1-2H3,(H,24,27)(H,32,33);3-6H,1-2H2/t9-,11+,12?,13?,14-,15-,16+,17-,18+,19-,20?,21?,23-;/m0./s1. The van der Waals surface area contributed by atoms with Crippen molar-refractivity contribution in [3.05, 3.63) is 0 Å². The van der Waals surface area contributed by atoms with Crippen molar-refractivity contribution in [2.24, 2.45) is 5.92 Å². The van der Waals surface area contributed by atoms with E-state index in [1.54, 1.807) is 6.92 Å². The zero-order valence-electron chi connectivity index (χ0n) is 25.3. The van der Waals surface area contributed by atoms with Crippen molar-refractivity contribution < 1.29 is 89.1 Å². The minimum Gasteiger partial charge on any atom is -0.477 e. The Morgan fingerprint density at radius 1 is 0.957 bits per heavy atom. The molecule has 3 aliphatic heterocycles. The predicted molar refractivity (Wildman–Crippen MR) is 153 cm³/mol. The molecule has 0 aromatic rings. The Balaban J connectivity index is 0.00000112. The highest BCUT2D eigenvalue weighted by Gasteiger charge is 2.56. The lowest BCUT2D eigenvalue weighted by Gasteiger charge is -2.49. The molecule has 0 aromatic carbocycles. The number of hydrogen-bond donors (Lipinski definition) is 12. The van der Waals surface area contributed by atoms with Crippen molar-refractivity contribution in [2.45, 2.75) is 99.6 Å². The fraction of sp³-hybridized carbons (Fsp3) is 0.923. The van der Waals surface area contributed by atoms with Crippen molar-refractivity contribution >= 4 is 24.5 Å². The Hall–Kier alpha value is -1.31. The van der Waals surface area contributed by atoms with E-state index < -0.39 is 117 Å². The maximum absolute atomic E-state index is 12.2. The van der Waals surface area contributed by atoms with Crippen molar-refractivity contribution in [1.82, 2.24) is 5.32 Å². The second kappa shape index (κ2) is 19.0. The molecule has 20 heteroatoms. The van der Waals surface area contributed by atoms with Gasteiger partial charge in [-0.15, -0.1) is 0 Å². The van der Waals surface area contributed by atoms with E-state index in [-0.39, 0.29) is 26.4 Å². The quantitative estimate of drug-likeness (QED) is 0.0800. The van der Waals surface area contributed by atoms with Gasteiger partial charge >= 0.3 is 5.97 Å². The molecule has 4 unspecified atom stereocenters. The van der Waals surface area contributed by atoms with Crippen LogP contribution in [0.15, 0.2) is 0 Å². The molecule has 3 rings (SSSR count). The predicted octanol–water partition coefficient (Wildman–Crippen LogP) is -5.74. The molecular formula is C26H47NO18S. The average Bonchev–Trinajstić information content (AvgIpc) is 3.03. The lowest BCUT2D eigenvalue weighted by atomic mass is 9.92. The summed E-state index contributed by atoms with van der Waals surface area (Å²) in [6.07, 6.45) is -16.8. The van der Waals surface area contributed by atoms with E-state index in [0.29, 0.717) is 5.75 Å². The van der Waals surface area contributed by atoms with Gasteiger partial charge in [-0.3, -0.25) is 4.79 Å². The molecule has 3 fully saturated rings. The Morgan fingerprint density at radius 3 is 2.04 bits per heavy atom. The van der Waals surface area contributed by atoms with Gasteiger partial charge < -0.3 is 84.8 Å². The van der Waals surface area contributed by atoms with Crippen LogP contribution in [0, 0.1) is 5.92 Å². The fourth-order valence-corrected chi connectivity index (χ4v) is 4.97. The first-order chi connectivity index (χ1) is 21.7. The summed E-state index contributed by atoms with van der Waals surface area (Å²) in [5.74, 6) is -4.73. The summed E-state index contributed by atoms with van der Waals surface area (Å²) in [6.45, 7) is 0.483. The summed E-state index contributed by atoms with van der Waals surface area (Å²) in [5.41, 5.74) is 0. The van der Waals surface area contributed by atoms with Gasteiger partial charge in [0, 0.05) is 25.0 Å². The Kier molecular flexibility index (Phi) is 16.9. The lowest BCUT2D eigenvalue weighted by molar-refractivity contribution is -0.375. The number of hydrogen-bond acceptors (Lipinski definition) is 18. The number of aliphatic hydroxyl groups excluding tert-OH is 9. The van der Waals surface area contributed by atoms with Gasteiger partial charge in [-0.1, -0.05) is 6.92 Å². The number of aliphatic hydroxyl groups is 9. The second-order valence-corrected chi connectivity index (χ2v) is 11.5. The van der Waals surface area contributed by atoms with Crippen LogP contribution in [-0.2, 0) is 38.0 Å². The highest BCUT2D eigenvalue weighted by molar-refractivity contribution is 7.80. The van der Waals surface area contributed by atoms with Gasteiger partial charge in [0.25, 0.3) is 5.79 Å². The number of carbonyl (C=O) groups excluding carboxylic acids is 1. The molecule has 3 saturated heterocycles. The maximum Gasteiger partial charge on any atom is 0.364 e. The molecule has 0 aromatic heterocycles. The number of aliphatic carboxylic acids is 1. The Labute approximate surface area is 270 Å². The minimum atomic E-state index is -2.45. The van der Waals surface area contributed by atoms with Gasteiger partial charge in [-0.25, -0.2) is 4.79 Å². The first-order valence-electron chi connectivity index (χ1n) is 14.5. The van der Waals surface area contributed by atoms with Crippen molar-refractivity contribution in [1.29, 1.82) is 0 Å². The number of amides is 1. The smallest absolute Gasteiger partial charge is 0.364 e. The van der Waals surface area contributed by atoms with Crippen LogP contribution in [0.3, 0.4) is 0 Å². The van der Waals surface area contributed by atoms with Gasteiger partial charge in [0.15, 0.2) is 12.6 Å². The van der Waals surface area contributed by atoms with Gasteiger partial charge in [0.2, 0.25) is 5.91 Å². The van der Waals surface area contributed by atoms with E-state index in [9.17, 15) is 45.3 Å². The van der Waals surface area contributed by atoms with Gasteiger partial charge in [0.1, 0.15) is 54.9 Å². The minimum absolute atomic E-state index is 0.0840. The number of rotatable bonds is 13. The summed E-state index contributed by atoms with van der Waals surface area (Å²) in [6, 6.07) is -1.19. The number of ether oxygens (including phenoxy) is 6. The van der Waals surface area contributed by atoms with E-state index in [0.717, 1.165) is 0 Å². The maximum atomic E-state index is 12.2. The summed E-state index contributed by atoms with van der Waals surface area (Å²) >= 11 is 4.05. The molecule has 0 aliphatic carbocycles. The molecule has 1 amide bonds. The van der Waals surface area contributed by atoms with Crippen molar-refractivity contribution in [3.63, 3.8) is 0 Å². The third kappa shape index (κ3) is 10.3. The van der Waals surface area contributed by atoms with Crippen LogP contribution in [0.1, 0.15) is 20.3 Å². The number of carboxylic acids is 1. The van der Waals surface area contributed by atoms with Crippen LogP contribution in [0.25, 0.3) is 0 Å². The molecule has 3 heterocycles. The lowest BCUT2D eigenvalue weighted by Crippen LogP contribution is -2.68. The molecule has 13 atom stereocenters. The summed E-state index contributed by atoms with van der Waals surface area (Å²) in [5, 5.41) is 99.4. The normalized spacial score (nSPS) is 39.8. The molecule has 46 heavy (non-hydrogen) atoms. The van der Waals surface area contributed by atoms with Gasteiger partial charge in [-0.2, -0.15) is 12.6 Å². The molecule has 11 N–H and O–H groups in total. The fourth-order valence-electron chi connectivity index (χ4n) is 4.87. The zero-order chi connectivity index (χ0) is 34.8. The Bertz CT molecular complexity index is 933. The van der Waals surface area contributed by atoms with Gasteiger partial charge in [0.05, 0.1) is 45.7 Å². The molecule has 0 bridgehead atoms.